The molecule has 0 bridgehead atoms. The number of hydrogen-bond acceptors (Lipinski definition) is 1. The summed E-state index contributed by atoms with van der Waals surface area (Å²) in [4.78, 5) is 0. The fourth-order valence-electron chi connectivity index (χ4n) is 2.95. The molecule has 0 saturated carbocycles. The first-order valence-electron chi connectivity index (χ1n) is 6.70. The first-order valence-corrected chi connectivity index (χ1v) is 6.70. The Morgan fingerprint density at radius 3 is 2.50 bits per heavy atom. The number of rotatable bonds is 1. The van der Waals surface area contributed by atoms with E-state index in [1.807, 2.05) is 6.07 Å². The second-order valence-corrected chi connectivity index (χ2v) is 4.97. The molecule has 1 heteroatoms. The average molecular weight is 238 g/mol. The number of aliphatic hydroxyl groups excluding tert-OH is 1. The van der Waals surface area contributed by atoms with Gasteiger partial charge in [0.1, 0.15) is 0 Å². The van der Waals surface area contributed by atoms with Gasteiger partial charge in [-0.1, -0.05) is 42.5 Å². The van der Waals surface area contributed by atoms with Gasteiger partial charge in [0.25, 0.3) is 0 Å². The van der Waals surface area contributed by atoms with E-state index in [1.165, 1.54) is 41.5 Å². The zero-order chi connectivity index (χ0) is 12.4. The van der Waals surface area contributed by atoms with Crippen molar-refractivity contribution < 1.29 is 5.11 Å². The summed E-state index contributed by atoms with van der Waals surface area (Å²) in [5.74, 6) is 0. The lowest BCUT2D eigenvalue weighted by Crippen LogP contribution is -2.03. The number of hydrogen-bond donors (Lipinski definition) is 1. The molecule has 0 aliphatic heterocycles. The summed E-state index contributed by atoms with van der Waals surface area (Å²) in [6, 6.07) is 15.0. The minimum absolute atomic E-state index is 0.144. The van der Waals surface area contributed by atoms with Gasteiger partial charge in [0.15, 0.2) is 0 Å². The van der Waals surface area contributed by atoms with Crippen molar-refractivity contribution in [3.63, 3.8) is 0 Å². The van der Waals surface area contributed by atoms with Crippen LogP contribution in [0.25, 0.3) is 11.1 Å². The highest BCUT2D eigenvalue weighted by Crippen LogP contribution is 2.33. The van der Waals surface area contributed by atoms with Gasteiger partial charge in [-0.3, -0.25) is 0 Å². The highest BCUT2D eigenvalue weighted by Gasteiger charge is 2.14. The van der Waals surface area contributed by atoms with Crippen LogP contribution in [0.2, 0.25) is 0 Å². The van der Waals surface area contributed by atoms with Gasteiger partial charge >= 0.3 is 0 Å². The van der Waals surface area contributed by atoms with Gasteiger partial charge in [-0.05, 0) is 53.5 Å². The summed E-state index contributed by atoms with van der Waals surface area (Å²) >= 11 is 0. The molecule has 92 valence electrons. The lowest BCUT2D eigenvalue weighted by molar-refractivity contribution is 0.280. The summed E-state index contributed by atoms with van der Waals surface area (Å²) in [5.41, 5.74) is 6.53. The lowest BCUT2D eigenvalue weighted by atomic mass is 9.86. The standard InChI is InChI=1S/C17H18O/c18-12-14-8-5-11-17-15-9-3-1-6-13(15)7-2-4-10-16(14)17/h1,3,5-6,8-9,11,18H,2,4,7,10,12H2. The number of aryl methyl sites for hydroxylation is 1. The van der Waals surface area contributed by atoms with Gasteiger partial charge < -0.3 is 5.11 Å². The van der Waals surface area contributed by atoms with E-state index in [1.54, 1.807) is 0 Å². The van der Waals surface area contributed by atoms with Crippen molar-refractivity contribution in [3.05, 3.63) is 59.2 Å². The summed E-state index contributed by atoms with van der Waals surface area (Å²) in [6.07, 6.45) is 4.69. The largest absolute Gasteiger partial charge is 0.392 e. The molecule has 1 aliphatic carbocycles. The molecule has 3 rings (SSSR count). The van der Waals surface area contributed by atoms with Crippen LogP contribution in [0.1, 0.15) is 29.5 Å². The molecule has 0 radical (unpaired) electrons. The molecule has 18 heavy (non-hydrogen) atoms. The molecule has 1 N–H and O–H groups in total. The lowest BCUT2D eigenvalue weighted by Gasteiger charge is -2.19. The van der Waals surface area contributed by atoms with Gasteiger partial charge in [0.2, 0.25) is 0 Å². The molecular weight excluding hydrogens is 220 g/mol. The van der Waals surface area contributed by atoms with Crippen molar-refractivity contribution in [1.82, 2.24) is 0 Å². The van der Waals surface area contributed by atoms with Gasteiger partial charge in [-0.15, -0.1) is 0 Å². The number of fused-ring (bicyclic) bond motifs is 3. The molecule has 0 heterocycles. The van der Waals surface area contributed by atoms with E-state index in [-0.39, 0.29) is 6.61 Å². The maximum absolute atomic E-state index is 9.50. The van der Waals surface area contributed by atoms with Crippen LogP contribution in [0.15, 0.2) is 42.5 Å². The van der Waals surface area contributed by atoms with E-state index >= 15 is 0 Å². The summed E-state index contributed by atoms with van der Waals surface area (Å²) < 4.78 is 0. The molecule has 0 fully saturated rings. The minimum atomic E-state index is 0.144. The first-order chi connectivity index (χ1) is 8.90. The molecule has 0 spiro atoms. The third kappa shape index (κ3) is 1.95. The van der Waals surface area contributed by atoms with Crippen molar-refractivity contribution in [3.8, 4) is 11.1 Å². The predicted molar refractivity (Wildman–Crippen MR) is 74.4 cm³/mol. The van der Waals surface area contributed by atoms with Crippen LogP contribution in [0.4, 0.5) is 0 Å². The van der Waals surface area contributed by atoms with Crippen molar-refractivity contribution in [1.29, 1.82) is 0 Å². The highest BCUT2D eigenvalue weighted by atomic mass is 16.3. The molecule has 0 amide bonds. The molecule has 1 nitrogen and oxygen atoms in total. The van der Waals surface area contributed by atoms with Crippen LogP contribution in [0.5, 0.6) is 0 Å². The Hall–Kier alpha value is -1.60. The molecule has 1 aliphatic rings. The summed E-state index contributed by atoms with van der Waals surface area (Å²) in [5, 5.41) is 9.50. The normalized spacial score (nSPS) is 14.3. The molecule has 2 aromatic carbocycles. The van der Waals surface area contributed by atoms with Crippen LogP contribution in [-0.4, -0.2) is 5.11 Å². The van der Waals surface area contributed by atoms with Gasteiger partial charge in [-0.2, -0.15) is 0 Å². The van der Waals surface area contributed by atoms with Crippen LogP contribution in [0.3, 0.4) is 0 Å². The molecule has 0 unspecified atom stereocenters. The monoisotopic (exact) mass is 238 g/mol. The maximum atomic E-state index is 9.50. The van der Waals surface area contributed by atoms with Crippen molar-refractivity contribution in [2.75, 3.05) is 0 Å². The van der Waals surface area contributed by atoms with Gasteiger partial charge in [-0.25, -0.2) is 0 Å². The fourth-order valence-corrected chi connectivity index (χ4v) is 2.95. The summed E-state index contributed by atoms with van der Waals surface area (Å²) in [7, 11) is 0. The molecule has 0 aromatic heterocycles. The van der Waals surface area contributed by atoms with Crippen LogP contribution >= 0.6 is 0 Å². The molecule has 2 aromatic rings. The zero-order valence-electron chi connectivity index (χ0n) is 10.5. The summed E-state index contributed by atoms with van der Waals surface area (Å²) in [6.45, 7) is 0.144. The van der Waals surface area contributed by atoms with Crippen LogP contribution < -0.4 is 0 Å². The van der Waals surface area contributed by atoms with Gasteiger partial charge in [0, 0.05) is 0 Å². The highest BCUT2D eigenvalue weighted by molar-refractivity contribution is 5.72. The van der Waals surface area contributed by atoms with Crippen molar-refractivity contribution >= 4 is 0 Å². The third-order valence-corrected chi connectivity index (χ3v) is 3.87. The van der Waals surface area contributed by atoms with Crippen molar-refractivity contribution in [2.24, 2.45) is 0 Å². The average Bonchev–Trinajstić information content (AvgIpc) is 2.41. The Morgan fingerprint density at radius 1 is 0.833 bits per heavy atom. The fraction of sp³-hybridized carbons (Fsp3) is 0.294. The molecule has 0 atom stereocenters. The number of aliphatic hydroxyl groups is 1. The van der Waals surface area contributed by atoms with E-state index in [2.05, 4.69) is 36.4 Å². The Labute approximate surface area is 108 Å². The minimum Gasteiger partial charge on any atom is -0.392 e. The Morgan fingerprint density at radius 2 is 1.61 bits per heavy atom. The van der Waals surface area contributed by atoms with E-state index in [9.17, 15) is 5.11 Å². The smallest absolute Gasteiger partial charge is 0.0684 e. The first kappa shape index (κ1) is 11.5. The van der Waals surface area contributed by atoms with Gasteiger partial charge in [0.05, 0.1) is 6.61 Å². The topological polar surface area (TPSA) is 20.2 Å². The maximum Gasteiger partial charge on any atom is 0.0684 e. The second-order valence-electron chi connectivity index (χ2n) is 4.97. The van der Waals surface area contributed by atoms with Crippen molar-refractivity contribution in [2.45, 2.75) is 32.3 Å². The molecule has 0 saturated heterocycles. The van der Waals surface area contributed by atoms with E-state index in [0.717, 1.165) is 12.0 Å². The van der Waals surface area contributed by atoms with Crippen LogP contribution in [-0.2, 0) is 19.4 Å². The Bertz CT molecular complexity index is 557. The number of benzene rings is 2. The van der Waals surface area contributed by atoms with Crippen LogP contribution in [0, 0.1) is 0 Å². The van der Waals surface area contributed by atoms with E-state index in [4.69, 9.17) is 0 Å². The predicted octanol–water partition coefficient (Wildman–Crippen LogP) is 3.72. The Balaban J connectivity index is 2.23. The zero-order valence-corrected chi connectivity index (χ0v) is 10.5. The SMILES string of the molecule is OCc1cccc2c1CCCCc1ccccc1-2. The Kier molecular flexibility index (Phi) is 3.16. The second kappa shape index (κ2) is 4.95. The quantitative estimate of drug-likeness (QED) is 0.802. The van der Waals surface area contributed by atoms with E-state index in [0.29, 0.717) is 0 Å². The third-order valence-electron chi connectivity index (χ3n) is 3.87. The molecular formula is C17H18O. The van der Waals surface area contributed by atoms with E-state index < -0.39 is 0 Å².